The van der Waals surface area contributed by atoms with E-state index in [-0.39, 0.29) is 28.6 Å². The third kappa shape index (κ3) is 3.43. The number of hydrogen-bond acceptors (Lipinski definition) is 7. The minimum atomic E-state index is -1.93. The molecule has 3 rings (SSSR count). The van der Waals surface area contributed by atoms with Gasteiger partial charge in [0.1, 0.15) is 23.2 Å². The first-order valence-corrected chi connectivity index (χ1v) is 9.82. The van der Waals surface area contributed by atoms with Gasteiger partial charge in [0.2, 0.25) is 11.6 Å². The summed E-state index contributed by atoms with van der Waals surface area (Å²) in [6.45, 7) is 6.52. The quantitative estimate of drug-likeness (QED) is 0.564. The summed E-state index contributed by atoms with van der Waals surface area (Å²) in [6, 6.07) is 3.25. The molecule has 0 radical (unpaired) electrons. The fraction of sp³-hybridized carbons (Fsp3) is 0.435. The molecule has 0 aromatic heterocycles. The van der Waals surface area contributed by atoms with Crippen molar-refractivity contribution in [1.82, 2.24) is 0 Å². The Morgan fingerprint density at radius 3 is 2.50 bits per heavy atom. The number of carbonyl (C=O) groups is 3. The van der Waals surface area contributed by atoms with Crippen LogP contribution >= 0.6 is 0 Å². The Balaban J connectivity index is 2.15. The number of aliphatic hydroxyl groups excluding tert-OH is 1. The van der Waals surface area contributed by atoms with Gasteiger partial charge in [0.05, 0.1) is 13.7 Å². The van der Waals surface area contributed by atoms with E-state index in [9.17, 15) is 19.5 Å². The molecule has 0 fully saturated rings. The van der Waals surface area contributed by atoms with Crippen molar-refractivity contribution < 1.29 is 33.7 Å². The van der Waals surface area contributed by atoms with Crippen LogP contribution in [0, 0.1) is 5.92 Å². The average Bonchev–Trinajstić information content (AvgIpc) is 2.96. The van der Waals surface area contributed by atoms with Crippen LogP contribution in [0.3, 0.4) is 0 Å². The third-order valence-electron chi connectivity index (χ3n) is 5.23. The van der Waals surface area contributed by atoms with Gasteiger partial charge in [0, 0.05) is 18.1 Å². The second-order valence-electron chi connectivity index (χ2n) is 7.98. The van der Waals surface area contributed by atoms with Gasteiger partial charge in [-0.05, 0) is 43.0 Å². The lowest BCUT2D eigenvalue weighted by molar-refractivity contribution is -0.147. The molecule has 0 saturated heterocycles. The molecule has 1 aliphatic heterocycles. The van der Waals surface area contributed by atoms with Gasteiger partial charge in [-0.2, -0.15) is 0 Å². The van der Waals surface area contributed by atoms with Crippen LogP contribution < -0.4 is 9.47 Å². The molecule has 160 valence electrons. The van der Waals surface area contributed by atoms with Crippen LogP contribution in [-0.4, -0.2) is 42.0 Å². The van der Waals surface area contributed by atoms with Crippen LogP contribution in [0.1, 0.15) is 56.1 Å². The van der Waals surface area contributed by atoms with Crippen molar-refractivity contribution in [1.29, 1.82) is 0 Å². The highest BCUT2D eigenvalue weighted by Crippen LogP contribution is 2.48. The van der Waals surface area contributed by atoms with Crippen LogP contribution in [-0.2, 0) is 14.3 Å². The number of Topliss-reactive ketones (excluding diaryl/α,β-unsaturated/α-hetero) is 1. The van der Waals surface area contributed by atoms with Crippen LogP contribution in [0.25, 0.3) is 0 Å². The summed E-state index contributed by atoms with van der Waals surface area (Å²) in [5.74, 6) is -0.991. The summed E-state index contributed by atoms with van der Waals surface area (Å²) in [7, 11) is 1.41. The molecule has 0 amide bonds. The van der Waals surface area contributed by atoms with Gasteiger partial charge < -0.3 is 19.3 Å². The number of carbonyl (C=O) groups excluding carboxylic acids is 3. The molecule has 7 nitrogen and oxygen atoms in total. The van der Waals surface area contributed by atoms with Crippen LogP contribution in [0.15, 0.2) is 35.4 Å². The second kappa shape index (κ2) is 8.07. The number of benzene rings is 1. The number of fused-ring (bicyclic) bond motifs is 1. The molecule has 7 heteroatoms. The van der Waals surface area contributed by atoms with Crippen molar-refractivity contribution in [3.8, 4) is 11.5 Å². The van der Waals surface area contributed by atoms with E-state index in [4.69, 9.17) is 14.2 Å². The lowest BCUT2D eigenvalue weighted by Gasteiger charge is -2.29. The smallest absolute Gasteiger partial charge is 0.303 e. The predicted octanol–water partition coefficient (Wildman–Crippen LogP) is 3.11. The highest BCUT2D eigenvalue weighted by atomic mass is 16.5. The number of esters is 1. The molecule has 1 N–H and O–H groups in total. The highest BCUT2D eigenvalue weighted by Gasteiger charge is 2.58. The molecule has 1 aromatic rings. The van der Waals surface area contributed by atoms with Gasteiger partial charge in [-0.15, -0.1) is 0 Å². The normalized spacial score (nSPS) is 21.2. The summed E-state index contributed by atoms with van der Waals surface area (Å²) in [6.07, 6.45) is 2.82. The first-order valence-electron chi connectivity index (χ1n) is 9.82. The zero-order valence-corrected chi connectivity index (χ0v) is 17.8. The van der Waals surface area contributed by atoms with Gasteiger partial charge in [0.25, 0.3) is 5.60 Å². The Morgan fingerprint density at radius 2 is 1.93 bits per heavy atom. The number of aliphatic hydroxyl groups is 1. The van der Waals surface area contributed by atoms with Crippen molar-refractivity contribution in [2.75, 3.05) is 13.7 Å². The lowest BCUT2D eigenvalue weighted by atomic mass is 9.79. The molecule has 2 unspecified atom stereocenters. The Bertz CT molecular complexity index is 970. The average molecular weight is 414 g/mol. The van der Waals surface area contributed by atoms with Gasteiger partial charge in [0.15, 0.2) is 0 Å². The maximum absolute atomic E-state index is 13.5. The molecular formula is C23H26O7. The van der Waals surface area contributed by atoms with Crippen molar-refractivity contribution >= 4 is 17.5 Å². The maximum atomic E-state index is 13.5. The SMILES string of the molecule is COc1c(C(CC(C)C)OC(C)=O)ccc2c1C(=O)C1(O2)C(=O)C=C(C)C=C1CO. The Hall–Kier alpha value is -2.93. The third-order valence-corrected chi connectivity index (χ3v) is 5.23. The van der Waals surface area contributed by atoms with E-state index >= 15 is 0 Å². The number of allylic oxidation sites excluding steroid dienone is 2. The molecule has 2 aliphatic rings. The fourth-order valence-corrected chi connectivity index (χ4v) is 4.02. The fourth-order valence-electron chi connectivity index (χ4n) is 4.02. The Morgan fingerprint density at radius 1 is 1.23 bits per heavy atom. The van der Waals surface area contributed by atoms with Gasteiger partial charge >= 0.3 is 5.97 Å². The summed E-state index contributed by atoms with van der Waals surface area (Å²) in [5.41, 5.74) is -0.495. The highest BCUT2D eigenvalue weighted by molar-refractivity contribution is 6.28. The first-order chi connectivity index (χ1) is 14.1. The molecular weight excluding hydrogens is 388 g/mol. The maximum Gasteiger partial charge on any atom is 0.303 e. The molecule has 0 bridgehead atoms. The van der Waals surface area contributed by atoms with Crippen molar-refractivity contribution in [3.63, 3.8) is 0 Å². The van der Waals surface area contributed by atoms with E-state index in [1.807, 2.05) is 13.8 Å². The summed E-state index contributed by atoms with van der Waals surface area (Å²) in [5, 5.41) is 9.85. The number of methoxy groups -OCH3 is 1. The number of ether oxygens (including phenoxy) is 3. The lowest BCUT2D eigenvalue weighted by Crippen LogP contribution is -2.51. The van der Waals surface area contributed by atoms with Crippen LogP contribution in [0.5, 0.6) is 11.5 Å². The van der Waals surface area contributed by atoms with Crippen LogP contribution in [0.4, 0.5) is 0 Å². The van der Waals surface area contributed by atoms with E-state index in [2.05, 4.69) is 0 Å². The molecule has 1 aromatic carbocycles. The van der Waals surface area contributed by atoms with Gasteiger partial charge in [-0.3, -0.25) is 14.4 Å². The summed E-state index contributed by atoms with van der Waals surface area (Å²) in [4.78, 5) is 38.1. The molecule has 1 spiro atoms. The van der Waals surface area contributed by atoms with Gasteiger partial charge in [-0.25, -0.2) is 0 Å². The first kappa shape index (κ1) is 21.8. The monoisotopic (exact) mass is 414 g/mol. The minimum absolute atomic E-state index is 0.108. The largest absolute Gasteiger partial charge is 0.495 e. The van der Waals surface area contributed by atoms with Crippen molar-refractivity contribution in [2.24, 2.45) is 5.92 Å². The van der Waals surface area contributed by atoms with E-state index in [0.717, 1.165) is 0 Å². The molecule has 1 aliphatic carbocycles. The van der Waals surface area contributed by atoms with E-state index in [1.54, 1.807) is 25.1 Å². The van der Waals surface area contributed by atoms with Crippen molar-refractivity contribution in [2.45, 2.75) is 45.8 Å². The predicted molar refractivity (Wildman–Crippen MR) is 109 cm³/mol. The second-order valence-corrected chi connectivity index (χ2v) is 7.98. The molecule has 1 heterocycles. The summed E-state index contributed by atoms with van der Waals surface area (Å²) < 4.78 is 17.0. The number of ketones is 2. The number of hydrogen-bond donors (Lipinski definition) is 1. The van der Waals surface area contributed by atoms with E-state index < -0.39 is 35.8 Å². The van der Waals surface area contributed by atoms with Gasteiger partial charge in [-0.1, -0.05) is 19.9 Å². The summed E-state index contributed by atoms with van der Waals surface area (Å²) >= 11 is 0. The molecule has 30 heavy (non-hydrogen) atoms. The standard InChI is InChI=1S/C23H26O7/c1-12(2)8-18(29-14(4)25)16-6-7-17-20(21(16)28-5)22(27)23(30-17)15(11-24)9-13(3)10-19(23)26/h6-7,9-10,12,18,24H,8,11H2,1-5H3. The van der Waals surface area contributed by atoms with E-state index in [1.165, 1.54) is 20.1 Å². The zero-order chi connectivity index (χ0) is 22.2. The van der Waals surface area contributed by atoms with Crippen LogP contribution in [0.2, 0.25) is 0 Å². The zero-order valence-electron chi connectivity index (χ0n) is 17.8. The van der Waals surface area contributed by atoms with Crippen molar-refractivity contribution in [3.05, 3.63) is 46.6 Å². The minimum Gasteiger partial charge on any atom is -0.495 e. The molecule has 0 saturated carbocycles. The Labute approximate surface area is 175 Å². The molecule has 2 atom stereocenters. The number of rotatable bonds is 6. The topological polar surface area (TPSA) is 99.1 Å². The van der Waals surface area contributed by atoms with E-state index in [0.29, 0.717) is 17.6 Å². The Kier molecular flexibility index (Phi) is 5.85.